The molecule has 5 heteroatoms. The van der Waals surface area contributed by atoms with Gasteiger partial charge in [0.25, 0.3) is 0 Å². The van der Waals surface area contributed by atoms with Crippen LogP contribution in [0.15, 0.2) is 28.8 Å². The second-order valence-electron chi connectivity index (χ2n) is 3.32. The van der Waals surface area contributed by atoms with E-state index in [9.17, 15) is 4.39 Å². The molecule has 0 radical (unpaired) electrons. The van der Waals surface area contributed by atoms with E-state index in [2.05, 4.69) is 0 Å². The predicted octanol–water partition coefficient (Wildman–Crippen LogP) is 3.54. The summed E-state index contributed by atoms with van der Waals surface area (Å²) in [6.45, 7) is 1.89. The van der Waals surface area contributed by atoms with E-state index in [-0.39, 0.29) is 18.5 Å². The summed E-state index contributed by atoms with van der Waals surface area (Å²) in [5.74, 6) is 0.159. The summed E-state index contributed by atoms with van der Waals surface area (Å²) in [6, 6.07) is 3.86. The fraction of sp³-hybridized carbons (Fsp3) is 0.273. The fourth-order valence-corrected chi connectivity index (χ4v) is 1.30. The molecule has 0 aliphatic heterocycles. The lowest BCUT2D eigenvalue weighted by Gasteiger charge is -2.13. The minimum Gasteiger partial charge on any atom is -0.488 e. The average Bonchev–Trinajstić information content (AvgIpc) is 2.26. The first kappa shape index (κ1) is 13.3. The Balaban J connectivity index is 2.87. The lowest BCUT2D eigenvalue weighted by atomic mass is 10.1. The van der Waals surface area contributed by atoms with Gasteiger partial charge in [0.05, 0.1) is 5.03 Å². The summed E-state index contributed by atoms with van der Waals surface area (Å²) in [6.07, 6.45) is 0. The van der Waals surface area contributed by atoms with Crippen LogP contribution in [0.1, 0.15) is 18.5 Å². The lowest BCUT2D eigenvalue weighted by molar-refractivity contribution is 0.352. The van der Waals surface area contributed by atoms with Crippen LogP contribution in [0, 0.1) is 5.82 Å². The predicted molar refractivity (Wildman–Crippen MR) is 64.3 cm³/mol. The summed E-state index contributed by atoms with van der Waals surface area (Å²) in [7, 11) is 0. The average molecular weight is 264 g/mol. The highest BCUT2D eigenvalue weighted by Gasteiger charge is 2.09. The van der Waals surface area contributed by atoms with Crippen molar-refractivity contribution in [3.05, 3.63) is 40.1 Å². The standard InChI is InChI=1S/C11H12Cl2FNO/c1-7(15)10-4-9(14)2-3-11(10)16-6-8(13)5-12/h2-5,7H,6,15H2,1H3/t7-/m1/s1. The highest BCUT2D eigenvalue weighted by Crippen LogP contribution is 2.25. The largest absolute Gasteiger partial charge is 0.488 e. The Morgan fingerprint density at radius 3 is 2.88 bits per heavy atom. The highest BCUT2D eigenvalue weighted by atomic mass is 35.5. The van der Waals surface area contributed by atoms with E-state index in [0.29, 0.717) is 16.3 Å². The maximum absolute atomic E-state index is 13.0. The molecule has 0 fully saturated rings. The summed E-state index contributed by atoms with van der Waals surface area (Å²) >= 11 is 11.1. The van der Waals surface area contributed by atoms with E-state index in [1.165, 1.54) is 23.7 Å². The van der Waals surface area contributed by atoms with Gasteiger partial charge in [0.2, 0.25) is 0 Å². The summed E-state index contributed by atoms with van der Waals surface area (Å²) < 4.78 is 18.4. The topological polar surface area (TPSA) is 35.2 Å². The van der Waals surface area contributed by atoms with Gasteiger partial charge in [-0.2, -0.15) is 0 Å². The van der Waals surface area contributed by atoms with Gasteiger partial charge in [-0.15, -0.1) is 0 Å². The molecule has 16 heavy (non-hydrogen) atoms. The van der Waals surface area contributed by atoms with Gasteiger partial charge in [0.1, 0.15) is 18.2 Å². The molecule has 1 aromatic carbocycles. The van der Waals surface area contributed by atoms with Crippen LogP contribution in [0.3, 0.4) is 0 Å². The van der Waals surface area contributed by atoms with Gasteiger partial charge in [-0.1, -0.05) is 23.2 Å². The Kier molecular flexibility index (Phi) is 5.06. The second-order valence-corrected chi connectivity index (χ2v) is 4.02. The zero-order valence-corrected chi connectivity index (χ0v) is 10.2. The maximum Gasteiger partial charge on any atom is 0.125 e. The van der Waals surface area contributed by atoms with Crippen LogP contribution in [0.25, 0.3) is 0 Å². The number of nitrogens with two attached hydrogens (primary N) is 1. The van der Waals surface area contributed by atoms with Crippen LogP contribution in [0.2, 0.25) is 0 Å². The fourth-order valence-electron chi connectivity index (χ4n) is 1.18. The molecule has 1 rings (SSSR count). The molecule has 0 saturated heterocycles. The van der Waals surface area contributed by atoms with Gasteiger partial charge in [0.15, 0.2) is 0 Å². The monoisotopic (exact) mass is 263 g/mol. The van der Waals surface area contributed by atoms with Crippen molar-refractivity contribution in [2.75, 3.05) is 6.61 Å². The van der Waals surface area contributed by atoms with E-state index >= 15 is 0 Å². The third kappa shape index (κ3) is 3.67. The first-order valence-electron chi connectivity index (χ1n) is 4.67. The molecule has 0 unspecified atom stereocenters. The Hall–Kier alpha value is -0.770. The molecule has 0 saturated carbocycles. The van der Waals surface area contributed by atoms with E-state index in [1.807, 2.05) is 0 Å². The zero-order chi connectivity index (χ0) is 12.1. The number of ether oxygens (including phenoxy) is 1. The summed E-state index contributed by atoms with van der Waals surface area (Å²) in [4.78, 5) is 0. The first-order valence-corrected chi connectivity index (χ1v) is 5.48. The second kappa shape index (κ2) is 6.09. The van der Waals surface area contributed by atoms with Gasteiger partial charge in [-0.25, -0.2) is 4.39 Å². The minimum absolute atomic E-state index is 0.135. The molecule has 2 nitrogen and oxygen atoms in total. The number of benzene rings is 1. The smallest absolute Gasteiger partial charge is 0.125 e. The molecule has 0 aliphatic rings. The molecular formula is C11H12Cl2FNO. The van der Waals surface area contributed by atoms with Crippen molar-refractivity contribution in [3.8, 4) is 5.75 Å². The quantitative estimate of drug-likeness (QED) is 0.902. The number of rotatable bonds is 4. The summed E-state index contributed by atoms with van der Waals surface area (Å²) in [5, 5.41) is 0.363. The van der Waals surface area contributed by atoms with E-state index in [4.69, 9.17) is 33.7 Å². The Bertz CT molecular complexity index is 394. The molecule has 0 bridgehead atoms. The Labute approximate surface area is 104 Å². The molecule has 0 spiro atoms. The van der Waals surface area contributed by atoms with Crippen LogP contribution in [0.4, 0.5) is 4.39 Å². The van der Waals surface area contributed by atoms with Crippen molar-refractivity contribution < 1.29 is 9.13 Å². The highest BCUT2D eigenvalue weighted by molar-refractivity contribution is 6.36. The Morgan fingerprint density at radius 1 is 1.62 bits per heavy atom. The van der Waals surface area contributed by atoms with Crippen LogP contribution in [0.5, 0.6) is 5.75 Å². The molecule has 1 atom stereocenters. The minimum atomic E-state index is -0.348. The van der Waals surface area contributed by atoms with Gasteiger partial charge in [0, 0.05) is 17.1 Å². The van der Waals surface area contributed by atoms with Crippen molar-refractivity contribution in [3.63, 3.8) is 0 Å². The van der Waals surface area contributed by atoms with E-state index in [0.717, 1.165) is 0 Å². The van der Waals surface area contributed by atoms with Crippen LogP contribution in [-0.4, -0.2) is 6.61 Å². The molecular weight excluding hydrogens is 252 g/mol. The van der Waals surface area contributed by atoms with E-state index in [1.54, 1.807) is 6.92 Å². The third-order valence-electron chi connectivity index (χ3n) is 1.95. The SMILES string of the molecule is C[C@@H](N)c1cc(F)ccc1OCC(Cl)=CCl. The maximum atomic E-state index is 13.0. The number of hydrogen-bond donors (Lipinski definition) is 1. The normalized spacial score (nSPS) is 13.7. The van der Waals surface area contributed by atoms with Gasteiger partial charge in [-0.05, 0) is 25.1 Å². The van der Waals surface area contributed by atoms with Crippen LogP contribution >= 0.6 is 23.2 Å². The molecule has 0 aliphatic carbocycles. The van der Waals surface area contributed by atoms with E-state index < -0.39 is 0 Å². The first-order chi connectivity index (χ1) is 7.54. The van der Waals surface area contributed by atoms with Crippen molar-refractivity contribution in [1.82, 2.24) is 0 Å². The van der Waals surface area contributed by atoms with Crippen molar-refractivity contribution in [2.45, 2.75) is 13.0 Å². The molecule has 88 valence electrons. The van der Waals surface area contributed by atoms with Crippen molar-refractivity contribution in [2.24, 2.45) is 5.73 Å². The van der Waals surface area contributed by atoms with Gasteiger partial charge in [-0.3, -0.25) is 0 Å². The third-order valence-corrected chi connectivity index (χ3v) is 2.54. The molecule has 2 N–H and O–H groups in total. The molecule has 0 amide bonds. The van der Waals surface area contributed by atoms with Crippen molar-refractivity contribution in [1.29, 1.82) is 0 Å². The van der Waals surface area contributed by atoms with Crippen LogP contribution in [-0.2, 0) is 0 Å². The molecule has 1 aromatic rings. The molecule has 0 aromatic heterocycles. The number of halogens is 3. The van der Waals surface area contributed by atoms with Gasteiger partial charge >= 0.3 is 0 Å². The Morgan fingerprint density at radius 2 is 2.31 bits per heavy atom. The summed E-state index contributed by atoms with van der Waals surface area (Å²) in [5.41, 5.74) is 7.52. The number of hydrogen-bond acceptors (Lipinski definition) is 2. The van der Waals surface area contributed by atoms with Crippen molar-refractivity contribution >= 4 is 23.2 Å². The van der Waals surface area contributed by atoms with Gasteiger partial charge < -0.3 is 10.5 Å². The van der Waals surface area contributed by atoms with Crippen LogP contribution < -0.4 is 10.5 Å². The molecule has 0 heterocycles. The zero-order valence-electron chi connectivity index (χ0n) is 8.71. The lowest BCUT2D eigenvalue weighted by Crippen LogP contribution is -2.09.